The molecule has 1 unspecified atom stereocenters. The van der Waals surface area contributed by atoms with E-state index in [0.717, 1.165) is 21.9 Å². The van der Waals surface area contributed by atoms with Crippen molar-refractivity contribution in [1.82, 2.24) is 4.98 Å². The standard InChI is InChI=1S/C17H15NO2S/c19-17(10-16-11-18-12-21-16)13-5-4-8-15(9-13)20-14-6-2-1-3-7-14/h1-9,11-12,17,19H,10H2. The van der Waals surface area contributed by atoms with E-state index >= 15 is 0 Å². The van der Waals surface area contributed by atoms with Crippen LogP contribution in [0.4, 0.5) is 0 Å². The van der Waals surface area contributed by atoms with E-state index in [0.29, 0.717) is 6.42 Å². The molecule has 21 heavy (non-hydrogen) atoms. The van der Waals surface area contributed by atoms with Gasteiger partial charge in [0, 0.05) is 17.5 Å². The number of rotatable bonds is 5. The second-order valence-electron chi connectivity index (χ2n) is 4.68. The van der Waals surface area contributed by atoms with Crippen LogP contribution in [0.25, 0.3) is 0 Å². The maximum Gasteiger partial charge on any atom is 0.127 e. The van der Waals surface area contributed by atoms with Gasteiger partial charge in [0.05, 0.1) is 11.6 Å². The number of nitrogens with zero attached hydrogens (tertiary/aromatic N) is 1. The highest BCUT2D eigenvalue weighted by Gasteiger charge is 2.10. The molecule has 0 aliphatic heterocycles. The van der Waals surface area contributed by atoms with Crippen molar-refractivity contribution < 1.29 is 9.84 Å². The third-order valence-corrected chi connectivity index (χ3v) is 3.90. The first kappa shape index (κ1) is 13.8. The van der Waals surface area contributed by atoms with Gasteiger partial charge in [0.1, 0.15) is 11.5 Å². The SMILES string of the molecule is OC(Cc1cncs1)c1cccc(Oc2ccccc2)c1. The van der Waals surface area contributed by atoms with Crippen LogP contribution < -0.4 is 4.74 Å². The zero-order chi connectivity index (χ0) is 14.5. The van der Waals surface area contributed by atoms with Crippen LogP contribution in [0.3, 0.4) is 0 Å². The van der Waals surface area contributed by atoms with Crippen LogP contribution in [0, 0.1) is 0 Å². The first-order valence-corrected chi connectivity index (χ1v) is 7.57. The number of aliphatic hydroxyl groups is 1. The van der Waals surface area contributed by atoms with Gasteiger partial charge in [-0.3, -0.25) is 4.98 Å². The highest BCUT2D eigenvalue weighted by Crippen LogP contribution is 2.26. The Kier molecular flexibility index (Phi) is 4.28. The maximum atomic E-state index is 10.3. The van der Waals surface area contributed by atoms with Crippen molar-refractivity contribution in [2.45, 2.75) is 12.5 Å². The number of aliphatic hydroxyl groups excluding tert-OH is 1. The summed E-state index contributed by atoms with van der Waals surface area (Å²) in [5.74, 6) is 1.51. The number of thiazole rings is 1. The third kappa shape index (κ3) is 3.68. The summed E-state index contributed by atoms with van der Waals surface area (Å²) in [6.07, 6.45) is 1.81. The van der Waals surface area contributed by atoms with Gasteiger partial charge in [0.15, 0.2) is 0 Å². The molecule has 1 N–H and O–H groups in total. The van der Waals surface area contributed by atoms with E-state index in [1.54, 1.807) is 23.0 Å². The predicted molar refractivity (Wildman–Crippen MR) is 83.7 cm³/mol. The quantitative estimate of drug-likeness (QED) is 0.767. The molecule has 1 aromatic heterocycles. The molecule has 0 radical (unpaired) electrons. The Morgan fingerprint density at radius 1 is 1.05 bits per heavy atom. The second kappa shape index (κ2) is 6.52. The molecule has 2 aromatic carbocycles. The number of benzene rings is 2. The topological polar surface area (TPSA) is 42.4 Å². The van der Waals surface area contributed by atoms with Gasteiger partial charge in [-0.25, -0.2) is 0 Å². The summed E-state index contributed by atoms with van der Waals surface area (Å²) in [5, 5.41) is 10.3. The van der Waals surface area contributed by atoms with E-state index in [9.17, 15) is 5.11 Å². The van der Waals surface area contributed by atoms with E-state index in [4.69, 9.17) is 4.74 Å². The minimum absolute atomic E-state index is 0.551. The minimum atomic E-state index is -0.551. The van der Waals surface area contributed by atoms with Crippen LogP contribution in [0.1, 0.15) is 16.5 Å². The summed E-state index contributed by atoms with van der Waals surface area (Å²) in [4.78, 5) is 5.09. The normalized spacial score (nSPS) is 12.0. The van der Waals surface area contributed by atoms with Gasteiger partial charge in [-0.15, -0.1) is 11.3 Å². The Hall–Kier alpha value is -2.17. The zero-order valence-corrected chi connectivity index (χ0v) is 12.2. The number of hydrogen-bond acceptors (Lipinski definition) is 4. The van der Waals surface area contributed by atoms with E-state index < -0.39 is 6.10 Å². The van der Waals surface area contributed by atoms with Gasteiger partial charge in [0.25, 0.3) is 0 Å². The summed E-state index contributed by atoms with van der Waals surface area (Å²) < 4.78 is 5.78. The Bertz CT molecular complexity index is 683. The Labute approximate surface area is 127 Å². The van der Waals surface area contributed by atoms with Gasteiger partial charge < -0.3 is 9.84 Å². The van der Waals surface area contributed by atoms with Crippen molar-refractivity contribution in [3.05, 3.63) is 76.7 Å². The first-order valence-electron chi connectivity index (χ1n) is 6.69. The van der Waals surface area contributed by atoms with E-state index in [2.05, 4.69) is 4.98 Å². The highest BCUT2D eigenvalue weighted by atomic mass is 32.1. The Morgan fingerprint density at radius 2 is 1.86 bits per heavy atom. The van der Waals surface area contributed by atoms with Crippen molar-refractivity contribution in [2.75, 3.05) is 0 Å². The van der Waals surface area contributed by atoms with Crippen LogP contribution in [-0.4, -0.2) is 10.1 Å². The second-order valence-corrected chi connectivity index (χ2v) is 5.65. The average molecular weight is 297 g/mol. The highest BCUT2D eigenvalue weighted by molar-refractivity contribution is 7.09. The van der Waals surface area contributed by atoms with Crippen LogP contribution >= 0.6 is 11.3 Å². The molecule has 0 amide bonds. The summed E-state index contributed by atoms with van der Waals surface area (Å²) in [5.41, 5.74) is 2.62. The molecular formula is C17H15NO2S. The molecule has 106 valence electrons. The van der Waals surface area contributed by atoms with Crippen molar-refractivity contribution in [3.8, 4) is 11.5 Å². The fourth-order valence-corrected chi connectivity index (χ4v) is 2.69. The fraction of sp³-hybridized carbons (Fsp3) is 0.118. The summed E-state index contributed by atoms with van der Waals surface area (Å²) in [6.45, 7) is 0. The number of ether oxygens (including phenoxy) is 1. The maximum absolute atomic E-state index is 10.3. The van der Waals surface area contributed by atoms with Crippen molar-refractivity contribution >= 4 is 11.3 Å². The lowest BCUT2D eigenvalue weighted by Gasteiger charge is -2.12. The summed E-state index contributed by atoms with van der Waals surface area (Å²) in [6, 6.07) is 17.2. The van der Waals surface area contributed by atoms with E-state index in [-0.39, 0.29) is 0 Å². The van der Waals surface area contributed by atoms with Gasteiger partial charge in [-0.1, -0.05) is 30.3 Å². The number of para-hydroxylation sites is 1. The van der Waals surface area contributed by atoms with Gasteiger partial charge in [-0.05, 0) is 29.8 Å². The molecule has 0 aliphatic rings. The molecule has 4 heteroatoms. The van der Waals surface area contributed by atoms with E-state index in [1.807, 2.05) is 54.6 Å². The minimum Gasteiger partial charge on any atom is -0.457 e. The van der Waals surface area contributed by atoms with Crippen LogP contribution in [-0.2, 0) is 6.42 Å². The number of hydrogen-bond donors (Lipinski definition) is 1. The third-order valence-electron chi connectivity index (χ3n) is 3.10. The van der Waals surface area contributed by atoms with E-state index in [1.165, 1.54) is 0 Å². The molecule has 0 saturated carbocycles. The Morgan fingerprint density at radius 3 is 2.62 bits per heavy atom. The van der Waals surface area contributed by atoms with Gasteiger partial charge in [-0.2, -0.15) is 0 Å². The molecule has 3 rings (SSSR count). The first-order chi connectivity index (χ1) is 10.3. The largest absolute Gasteiger partial charge is 0.457 e. The lowest BCUT2D eigenvalue weighted by atomic mass is 10.1. The molecule has 0 aliphatic carbocycles. The van der Waals surface area contributed by atoms with Crippen LogP contribution in [0.2, 0.25) is 0 Å². The van der Waals surface area contributed by atoms with Crippen molar-refractivity contribution in [1.29, 1.82) is 0 Å². The smallest absolute Gasteiger partial charge is 0.127 e. The van der Waals surface area contributed by atoms with Gasteiger partial charge in [0.2, 0.25) is 0 Å². The summed E-state index contributed by atoms with van der Waals surface area (Å²) in [7, 11) is 0. The molecule has 0 spiro atoms. The monoisotopic (exact) mass is 297 g/mol. The average Bonchev–Trinajstić information content (AvgIpc) is 3.01. The lowest BCUT2D eigenvalue weighted by Crippen LogP contribution is -2.00. The molecule has 0 fully saturated rings. The summed E-state index contributed by atoms with van der Waals surface area (Å²) >= 11 is 1.55. The van der Waals surface area contributed by atoms with Crippen LogP contribution in [0.5, 0.6) is 11.5 Å². The van der Waals surface area contributed by atoms with Gasteiger partial charge >= 0.3 is 0 Å². The molecule has 3 aromatic rings. The van der Waals surface area contributed by atoms with Crippen molar-refractivity contribution in [2.24, 2.45) is 0 Å². The molecule has 3 nitrogen and oxygen atoms in total. The molecule has 0 bridgehead atoms. The molecule has 1 heterocycles. The number of aromatic nitrogens is 1. The molecular weight excluding hydrogens is 282 g/mol. The van der Waals surface area contributed by atoms with Crippen LogP contribution in [0.15, 0.2) is 66.3 Å². The van der Waals surface area contributed by atoms with Crippen molar-refractivity contribution in [3.63, 3.8) is 0 Å². The molecule has 0 saturated heterocycles. The fourth-order valence-electron chi connectivity index (χ4n) is 2.06. The lowest BCUT2D eigenvalue weighted by molar-refractivity contribution is 0.179. The molecule has 1 atom stereocenters. The Balaban J connectivity index is 1.73. The zero-order valence-electron chi connectivity index (χ0n) is 11.3. The predicted octanol–water partition coefficient (Wildman–Crippen LogP) is 4.21.